The maximum atomic E-state index is 13.7. The molecule has 1 atom stereocenters. The second kappa shape index (κ2) is 10.7. The lowest BCUT2D eigenvalue weighted by molar-refractivity contribution is -0.139. The average molecular weight is 669 g/mol. The summed E-state index contributed by atoms with van der Waals surface area (Å²) in [6, 6.07) is 10.1. The molecule has 4 rings (SSSR count). The fourth-order valence-corrected chi connectivity index (χ4v) is 6.44. The van der Waals surface area contributed by atoms with Crippen LogP contribution in [0.5, 0.6) is 11.5 Å². The molecular formula is C25H22BrIN2O5S. The summed E-state index contributed by atoms with van der Waals surface area (Å²) < 4.78 is 14.2. The van der Waals surface area contributed by atoms with Gasteiger partial charge in [-0.1, -0.05) is 39.4 Å². The standard InChI is InChI=1S/C25H22BrIN2O5S/c1-4-33-17-8-6-14(7-9-17)21-20(24(32)34-5-2)13(3)28-25-29(21)23(31)19(35-25)11-15-10-16(26)12-18(27)22(15)30/h6-12,21,30H,4-5H2,1-3H3/b19-11+. The third kappa shape index (κ3) is 5.10. The largest absolute Gasteiger partial charge is 0.506 e. The molecule has 7 nitrogen and oxygen atoms in total. The number of ether oxygens (including phenoxy) is 2. The number of hydrogen-bond donors (Lipinski definition) is 1. The van der Waals surface area contributed by atoms with Crippen LogP contribution in [0, 0.1) is 3.57 Å². The van der Waals surface area contributed by atoms with Gasteiger partial charge in [-0.25, -0.2) is 9.79 Å². The molecule has 0 saturated carbocycles. The number of carbonyl (C=O) groups excluding carboxylic acids is 1. The number of nitrogens with zero attached hydrogens (tertiary/aromatic N) is 2. The molecule has 0 radical (unpaired) electrons. The monoisotopic (exact) mass is 668 g/mol. The first kappa shape index (κ1) is 25.6. The Morgan fingerprint density at radius 2 is 1.97 bits per heavy atom. The van der Waals surface area contributed by atoms with Crippen LogP contribution in [0.15, 0.2) is 61.9 Å². The van der Waals surface area contributed by atoms with Crippen molar-refractivity contribution in [3.63, 3.8) is 0 Å². The summed E-state index contributed by atoms with van der Waals surface area (Å²) in [5, 5.41) is 10.5. The van der Waals surface area contributed by atoms with Crippen molar-refractivity contribution >= 4 is 61.9 Å². The first-order valence-corrected chi connectivity index (χ1v) is 13.5. The molecule has 0 aliphatic carbocycles. The molecule has 1 N–H and O–H groups in total. The van der Waals surface area contributed by atoms with Crippen LogP contribution in [0.4, 0.5) is 0 Å². The van der Waals surface area contributed by atoms with E-state index >= 15 is 0 Å². The number of carbonyl (C=O) groups is 1. The summed E-state index contributed by atoms with van der Waals surface area (Å²) in [6.07, 6.45) is 1.64. The number of halogens is 2. The Labute approximate surface area is 227 Å². The van der Waals surface area contributed by atoms with E-state index in [2.05, 4.69) is 20.9 Å². The van der Waals surface area contributed by atoms with Crippen molar-refractivity contribution in [2.45, 2.75) is 26.8 Å². The number of aromatic nitrogens is 1. The van der Waals surface area contributed by atoms with Gasteiger partial charge in [0.1, 0.15) is 11.5 Å². The molecule has 2 aromatic carbocycles. The minimum atomic E-state index is -0.709. The Morgan fingerprint density at radius 1 is 1.26 bits per heavy atom. The van der Waals surface area contributed by atoms with Crippen LogP contribution in [0.25, 0.3) is 6.08 Å². The quantitative estimate of drug-likeness (QED) is 0.313. The van der Waals surface area contributed by atoms with Crippen molar-refractivity contribution in [3.8, 4) is 11.5 Å². The average Bonchev–Trinajstić information content (AvgIpc) is 3.11. The highest BCUT2D eigenvalue weighted by atomic mass is 127. The van der Waals surface area contributed by atoms with Crippen LogP contribution in [0.1, 0.15) is 37.9 Å². The lowest BCUT2D eigenvalue weighted by Gasteiger charge is -2.24. The Kier molecular flexibility index (Phi) is 7.82. The summed E-state index contributed by atoms with van der Waals surface area (Å²) in [5.74, 6) is 0.272. The van der Waals surface area contributed by atoms with Gasteiger partial charge in [-0.3, -0.25) is 9.36 Å². The second-order valence-corrected chi connectivity index (χ2v) is 10.7. The number of phenols is 1. The van der Waals surface area contributed by atoms with Crippen LogP contribution >= 0.6 is 49.9 Å². The van der Waals surface area contributed by atoms with Gasteiger partial charge < -0.3 is 14.6 Å². The predicted molar refractivity (Wildman–Crippen MR) is 147 cm³/mol. The highest BCUT2D eigenvalue weighted by Gasteiger charge is 2.33. The molecule has 35 heavy (non-hydrogen) atoms. The highest BCUT2D eigenvalue weighted by Crippen LogP contribution is 2.32. The minimum absolute atomic E-state index is 0.0890. The maximum absolute atomic E-state index is 13.7. The maximum Gasteiger partial charge on any atom is 0.338 e. The van der Waals surface area contributed by atoms with Gasteiger partial charge in [-0.2, -0.15) is 0 Å². The fraction of sp³-hybridized carbons (Fsp3) is 0.240. The van der Waals surface area contributed by atoms with Crippen molar-refractivity contribution in [1.82, 2.24) is 4.57 Å². The molecular weight excluding hydrogens is 647 g/mol. The van der Waals surface area contributed by atoms with E-state index in [-0.39, 0.29) is 17.9 Å². The van der Waals surface area contributed by atoms with Crippen LogP contribution in [-0.4, -0.2) is 28.9 Å². The molecule has 1 aliphatic heterocycles. The predicted octanol–water partition coefficient (Wildman–Crippen LogP) is 4.27. The molecule has 182 valence electrons. The molecule has 0 saturated heterocycles. The minimum Gasteiger partial charge on any atom is -0.506 e. The Hall–Kier alpha value is -2.44. The van der Waals surface area contributed by atoms with Gasteiger partial charge in [0.2, 0.25) is 0 Å². The molecule has 0 bridgehead atoms. The Bertz CT molecular complexity index is 1510. The number of allylic oxidation sites excluding steroid dienone is 1. The molecule has 0 fully saturated rings. The molecule has 10 heteroatoms. The molecule has 1 aliphatic rings. The molecule has 0 spiro atoms. The number of phenolic OH excluding ortho intramolecular Hbond substituents is 1. The normalized spacial score (nSPS) is 15.6. The van der Waals surface area contributed by atoms with Crippen molar-refractivity contribution < 1.29 is 19.4 Å². The highest BCUT2D eigenvalue weighted by molar-refractivity contribution is 14.1. The third-order valence-electron chi connectivity index (χ3n) is 5.37. The molecule has 0 amide bonds. The van der Waals surface area contributed by atoms with Gasteiger partial charge in [0, 0.05) is 10.0 Å². The first-order chi connectivity index (χ1) is 16.7. The van der Waals surface area contributed by atoms with E-state index in [1.165, 1.54) is 15.9 Å². The van der Waals surface area contributed by atoms with Crippen molar-refractivity contribution in [3.05, 3.63) is 86.5 Å². The van der Waals surface area contributed by atoms with Crippen LogP contribution in [-0.2, 0) is 9.53 Å². The van der Waals surface area contributed by atoms with E-state index in [0.29, 0.717) is 42.1 Å². The number of aromatic hydroxyl groups is 1. The Morgan fingerprint density at radius 3 is 2.63 bits per heavy atom. The van der Waals surface area contributed by atoms with Crippen molar-refractivity contribution in [2.75, 3.05) is 13.2 Å². The number of thiazole rings is 1. The van der Waals surface area contributed by atoms with E-state index in [0.717, 1.165) is 10.0 Å². The number of fused-ring (bicyclic) bond motifs is 1. The third-order valence-corrected chi connectivity index (χ3v) is 7.63. The van der Waals surface area contributed by atoms with Gasteiger partial charge in [0.25, 0.3) is 5.56 Å². The summed E-state index contributed by atoms with van der Waals surface area (Å²) >= 11 is 6.68. The van der Waals surface area contributed by atoms with E-state index in [9.17, 15) is 14.7 Å². The summed E-state index contributed by atoms with van der Waals surface area (Å²) in [5.41, 5.74) is 1.74. The smallest absolute Gasteiger partial charge is 0.338 e. The van der Waals surface area contributed by atoms with Gasteiger partial charge in [0.05, 0.1) is 38.6 Å². The lowest BCUT2D eigenvalue weighted by Crippen LogP contribution is -2.39. The van der Waals surface area contributed by atoms with E-state index in [1.807, 2.05) is 53.8 Å². The zero-order valence-electron chi connectivity index (χ0n) is 19.2. The molecule has 1 unspecified atom stereocenters. The van der Waals surface area contributed by atoms with Gasteiger partial charge in [-0.05, 0) is 79.3 Å². The zero-order chi connectivity index (χ0) is 25.3. The van der Waals surface area contributed by atoms with Crippen LogP contribution < -0.4 is 19.6 Å². The number of hydrogen-bond acceptors (Lipinski definition) is 7. The van der Waals surface area contributed by atoms with Crippen LogP contribution in [0.2, 0.25) is 0 Å². The van der Waals surface area contributed by atoms with E-state index in [1.54, 1.807) is 32.1 Å². The second-order valence-electron chi connectivity index (χ2n) is 7.63. The number of benzene rings is 2. The van der Waals surface area contributed by atoms with Crippen molar-refractivity contribution in [2.24, 2.45) is 4.99 Å². The number of esters is 1. The van der Waals surface area contributed by atoms with Crippen LogP contribution in [0.3, 0.4) is 0 Å². The fourth-order valence-electron chi connectivity index (χ4n) is 3.86. The van der Waals surface area contributed by atoms with Gasteiger partial charge in [-0.15, -0.1) is 0 Å². The van der Waals surface area contributed by atoms with Crippen molar-refractivity contribution in [1.29, 1.82) is 0 Å². The van der Waals surface area contributed by atoms with E-state index < -0.39 is 12.0 Å². The Balaban J connectivity index is 1.94. The summed E-state index contributed by atoms with van der Waals surface area (Å²) in [7, 11) is 0. The number of rotatable bonds is 6. The van der Waals surface area contributed by atoms with Gasteiger partial charge in [0.15, 0.2) is 4.80 Å². The zero-order valence-corrected chi connectivity index (χ0v) is 23.7. The SMILES string of the molecule is CCOC(=O)C1=C(C)N=c2s/c(=C/c3cc(Br)cc(I)c3O)c(=O)n2C1c1ccc(OCC)cc1. The summed E-state index contributed by atoms with van der Waals surface area (Å²) in [4.78, 5) is 31.7. The molecule has 3 aromatic rings. The lowest BCUT2D eigenvalue weighted by atomic mass is 9.96. The molecule has 2 heterocycles. The van der Waals surface area contributed by atoms with E-state index in [4.69, 9.17) is 9.47 Å². The topological polar surface area (TPSA) is 90.1 Å². The van der Waals surface area contributed by atoms with Gasteiger partial charge >= 0.3 is 5.97 Å². The summed E-state index contributed by atoms with van der Waals surface area (Å²) in [6.45, 7) is 6.12. The first-order valence-electron chi connectivity index (χ1n) is 10.9. The molecule has 1 aromatic heterocycles.